The van der Waals surface area contributed by atoms with E-state index >= 15 is 0 Å². The maximum Gasteiger partial charge on any atom is 0.262 e. The number of rotatable bonds is 2. The average molecular weight is 264 g/mol. The Hall–Kier alpha value is -1.36. The lowest BCUT2D eigenvalue weighted by molar-refractivity contribution is 0.421. The van der Waals surface area contributed by atoms with Crippen molar-refractivity contribution in [1.29, 1.82) is 0 Å². The van der Waals surface area contributed by atoms with Gasteiger partial charge in [-0.05, 0) is 25.2 Å². The molecule has 1 aliphatic carbocycles. The van der Waals surface area contributed by atoms with Gasteiger partial charge in [0.1, 0.15) is 0 Å². The fourth-order valence-electron chi connectivity index (χ4n) is 2.83. The Bertz CT molecular complexity index is 644. The van der Waals surface area contributed by atoms with Crippen LogP contribution in [0.2, 0.25) is 0 Å². The topological polar surface area (TPSA) is 54.6 Å². The number of hydrogen-bond donors (Lipinski definition) is 1. The van der Waals surface area contributed by atoms with Crippen LogP contribution in [0.5, 0.6) is 5.88 Å². The first-order valence-electron chi connectivity index (χ1n) is 6.42. The third kappa shape index (κ3) is 1.82. The quantitative estimate of drug-likeness (QED) is 0.906. The minimum absolute atomic E-state index is 0.163. The molecule has 0 amide bonds. The lowest BCUT2D eigenvalue weighted by Gasteiger charge is -2.21. The highest BCUT2D eigenvalue weighted by molar-refractivity contribution is 7.17. The molecule has 2 aromatic heterocycles. The second-order valence-electron chi connectivity index (χ2n) is 4.94. The number of hydrogen-bond acceptors (Lipinski definition) is 4. The Morgan fingerprint density at radius 1 is 1.61 bits per heavy atom. The molecular formula is C13H16N2O2S. The molecule has 96 valence electrons. The predicted octanol–water partition coefficient (Wildman–Crippen LogP) is 2.37. The molecule has 0 aliphatic heterocycles. The highest BCUT2D eigenvalue weighted by Gasteiger charge is 2.23. The fourth-order valence-corrected chi connectivity index (χ4v) is 4.11. The molecule has 0 saturated heterocycles. The minimum Gasteiger partial charge on any atom is -0.493 e. The molecule has 0 aromatic carbocycles. The lowest BCUT2D eigenvalue weighted by atomic mass is 9.88. The summed E-state index contributed by atoms with van der Waals surface area (Å²) < 4.78 is 1.67. The lowest BCUT2D eigenvalue weighted by Crippen LogP contribution is -2.19. The second-order valence-corrected chi connectivity index (χ2v) is 6.00. The molecule has 0 fully saturated rings. The van der Waals surface area contributed by atoms with Crippen LogP contribution in [-0.2, 0) is 12.8 Å². The van der Waals surface area contributed by atoms with Gasteiger partial charge in [-0.1, -0.05) is 19.8 Å². The van der Waals surface area contributed by atoms with Crippen molar-refractivity contribution in [3.05, 3.63) is 27.0 Å². The Labute approximate surface area is 109 Å². The number of nitrogens with zero attached hydrogens (tertiary/aromatic N) is 2. The van der Waals surface area contributed by atoms with Gasteiger partial charge in [0.05, 0.1) is 6.07 Å². The van der Waals surface area contributed by atoms with E-state index in [0.29, 0.717) is 4.96 Å². The van der Waals surface area contributed by atoms with Crippen molar-refractivity contribution in [3.63, 3.8) is 0 Å². The van der Waals surface area contributed by atoms with E-state index < -0.39 is 0 Å². The highest BCUT2D eigenvalue weighted by atomic mass is 32.1. The summed E-state index contributed by atoms with van der Waals surface area (Å²) in [5, 5.41) is 9.39. The molecule has 2 heterocycles. The molecule has 0 radical (unpaired) electrons. The molecule has 1 atom stereocenters. The monoisotopic (exact) mass is 264 g/mol. The third-order valence-corrected chi connectivity index (χ3v) is 4.75. The Morgan fingerprint density at radius 2 is 2.44 bits per heavy atom. The molecule has 1 unspecified atom stereocenters. The number of aromatic hydroxyl groups is 1. The number of thiazole rings is 1. The Morgan fingerprint density at radius 3 is 3.22 bits per heavy atom. The summed E-state index contributed by atoms with van der Waals surface area (Å²) in [6.07, 6.45) is 5.62. The summed E-state index contributed by atoms with van der Waals surface area (Å²) in [5.41, 5.74) is 0.948. The van der Waals surface area contributed by atoms with E-state index in [-0.39, 0.29) is 11.4 Å². The van der Waals surface area contributed by atoms with Crippen LogP contribution in [-0.4, -0.2) is 14.5 Å². The van der Waals surface area contributed by atoms with E-state index in [1.54, 1.807) is 15.7 Å². The summed E-state index contributed by atoms with van der Waals surface area (Å²) in [5.74, 6) is 0.559. The number of aromatic nitrogens is 2. The van der Waals surface area contributed by atoms with E-state index in [0.717, 1.165) is 30.9 Å². The van der Waals surface area contributed by atoms with Crippen molar-refractivity contribution in [2.45, 2.75) is 39.0 Å². The summed E-state index contributed by atoms with van der Waals surface area (Å²) in [7, 11) is 0. The van der Waals surface area contributed by atoms with Gasteiger partial charge >= 0.3 is 0 Å². The Kier molecular flexibility index (Phi) is 2.86. The molecule has 5 heteroatoms. The zero-order valence-electron chi connectivity index (χ0n) is 10.3. The first kappa shape index (κ1) is 11.7. The maximum atomic E-state index is 11.9. The molecular weight excluding hydrogens is 248 g/mol. The molecule has 0 saturated carbocycles. The van der Waals surface area contributed by atoms with Gasteiger partial charge in [0, 0.05) is 10.6 Å². The van der Waals surface area contributed by atoms with E-state index in [2.05, 4.69) is 11.9 Å². The van der Waals surface area contributed by atoms with Gasteiger partial charge in [-0.25, -0.2) is 0 Å². The van der Waals surface area contributed by atoms with Crippen LogP contribution in [0.1, 0.15) is 36.8 Å². The van der Waals surface area contributed by atoms with Crippen LogP contribution in [0.15, 0.2) is 10.9 Å². The number of fused-ring (bicyclic) bond motifs is 3. The van der Waals surface area contributed by atoms with Crippen molar-refractivity contribution < 1.29 is 5.11 Å². The van der Waals surface area contributed by atoms with Crippen molar-refractivity contribution in [2.24, 2.45) is 5.92 Å². The summed E-state index contributed by atoms with van der Waals surface area (Å²) in [6.45, 7) is 2.21. The van der Waals surface area contributed by atoms with E-state index in [1.807, 2.05) is 0 Å². The summed E-state index contributed by atoms with van der Waals surface area (Å²) in [4.78, 5) is 17.9. The van der Waals surface area contributed by atoms with Crippen molar-refractivity contribution in [2.75, 3.05) is 0 Å². The van der Waals surface area contributed by atoms with E-state index in [1.165, 1.54) is 23.8 Å². The standard InChI is InChI=1S/C13H16N2O2S/c1-2-3-8-4-5-9-10(6-8)18-13-14-11(16)7-12(17)15(9)13/h7-8,16H,2-6H2,1H3. The van der Waals surface area contributed by atoms with Crippen LogP contribution in [0.4, 0.5) is 0 Å². The van der Waals surface area contributed by atoms with Gasteiger partial charge in [0.2, 0.25) is 5.88 Å². The van der Waals surface area contributed by atoms with Gasteiger partial charge in [-0.15, -0.1) is 11.3 Å². The fraction of sp³-hybridized carbons (Fsp3) is 0.538. The van der Waals surface area contributed by atoms with E-state index in [4.69, 9.17) is 0 Å². The zero-order valence-corrected chi connectivity index (χ0v) is 11.2. The average Bonchev–Trinajstić information content (AvgIpc) is 2.66. The summed E-state index contributed by atoms with van der Waals surface area (Å²) >= 11 is 1.55. The van der Waals surface area contributed by atoms with Crippen molar-refractivity contribution in [1.82, 2.24) is 9.38 Å². The molecule has 1 N–H and O–H groups in total. The van der Waals surface area contributed by atoms with Crippen molar-refractivity contribution in [3.8, 4) is 5.88 Å². The molecule has 0 bridgehead atoms. The van der Waals surface area contributed by atoms with Gasteiger partial charge in [0.25, 0.3) is 5.56 Å². The first-order valence-corrected chi connectivity index (χ1v) is 7.24. The van der Waals surface area contributed by atoms with Gasteiger partial charge < -0.3 is 5.11 Å². The molecule has 3 rings (SSSR count). The van der Waals surface area contributed by atoms with Gasteiger partial charge in [0.15, 0.2) is 4.96 Å². The van der Waals surface area contributed by atoms with Crippen LogP contribution in [0.25, 0.3) is 4.96 Å². The first-order chi connectivity index (χ1) is 8.69. The normalized spacial score (nSPS) is 19.1. The predicted molar refractivity (Wildman–Crippen MR) is 71.4 cm³/mol. The number of aryl methyl sites for hydroxylation is 1. The van der Waals surface area contributed by atoms with Crippen LogP contribution >= 0.6 is 11.3 Å². The van der Waals surface area contributed by atoms with Crippen molar-refractivity contribution >= 4 is 16.3 Å². The Balaban J connectivity index is 2.10. The molecule has 1 aliphatic rings. The second kappa shape index (κ2) is 4.39. The minimum atomic E-state index is -0.177. The molecule has 4 nitrogen and oxygen atoms in total. The van der Waals surface area contributed by atoms with Gasteiger partial charge in [-0.3, -0.25) is 9.20 Å². The smallest absolute Gasteiger partial charge is 0.262 e. The van der Waals surface area contributed by atoms with Crippen LogP contribution in [0.3, 0.4) is 0 Å². The van der Waals surface area contributed by atoms with Gasteiger partial charge in [-0.2, -0.15) is 4.98 Å². The van der Waals surface area contributed by atoms with E-state index in [9.17, 15) is 9.90 Å². The van der Waals surface area contributed by atoms with Crippen LogP contribution < -0.4 is 5.56 Å². The molecule has 0 spiro atoms. The third-order valence-electron chi connectivity index (χ3n) is 3.64. The molecule has 18 heavy (non-hydrogen) atoms. The largest absolute Gasteiger partial charge is 0.493 e. The zero-order chi connectivity index (χ0) is 12.7. The maximum absolute atomic E-state index is 11.9. The molecule has 2 aromatic rings. The SMILES string of the molecule is CCCC1CCc2c(sc3nc(O)cc(=O)n23)C1. The van der Waals surface area contributed by atoms with Crippen LogP contribution in [0, 0.1) is 5.92 Å². The summed E-state index contributed by atoms with van der Waals surface area (Å²) in [6, 6.07) is 1.19. The highest BCUT2D eigenvalue weighted by Crippen LogP contribution is 2.33.